The second kappa shape index (κ2) is 6.16. The summed E-state index contributed by atoms with van der Waals surface area (Å²) in [6.45, 7) is 0. The molecular weight excluding hydrogens is 423 g/mol. The number of rotatable bonds is 1. The smallest absolute Gasteiger partial charge is 0.296 e. The summed E-state index contributed by atoms with van der Waals surface area (Å²) in [7, 11) is 1.59. The van der Waals surface area contributed by atoms with Gasteiger partial charge < -0.3 is 0 Å². The normalized spacial score (nSPS) is 15.6. The number of aromatic nitrogens is 2. The van der Waals surface area contributed by atoms with Crippen LogP contribution in [0, 0.1) is 0 Å². The highest BCUT2D eigenvalue weighted by molar-refractivity contribution is 9.10. The molecule has 0 unspecified atom stereocenters. The van der Waals surface area contributed by atoms with Crippen LogP contribution in [0.25, 0.3) is 22.3 Å². The number of Topliss-reactive ketones (excluding diaryl/α,β-unsaturated/α-hetero) is 1. The summed E-state index contributed by atoms with van der Waals surface area (Å²) in [6.07, 6.45) is -0.479. The number of aliphatic imine (C=N–C) groups is 1. The summed E-state index contributed by atoms with van der Waals surface area (Å²) < 4.78 is 41.0. The predicted molar refractivity (Wildman–Crippen MR) is 100 cm³/mol. The molecule has 0 radical (unpaired) electrons. The SMILES string of the molecule is CN=C/C=C1/C(=O)c2c(nn3cc(C(F)(F)F)ccc23)-c2cc(Br)ccc21. The lowest BCUT2D eigenvalue weighted by Crippen LogP contribution is -2.11. The third kappa shape index (κ3) is 2.80. The van der Waals surface area contributed by atoms with Gasteiger partial charge in [0, 0.05) is 35.1 Å². The van der Waals surface area contributed by atoms with E-state index in [2.05, 4.69) is 26.0 Å². The number of fused-ring (bicyclic) bond motifs is 5. The number of hydrogen-bond donors (Lipinski definition) is 0. The van der Waals surface area contributed by atoms with Crippen molar-refractivity contribution in [2.45, 2.75) is 6.18 Å². The van der Waals surface area contributed by atoms with Crippen molar-refractivity contribution in [1.29, 1.82) is 0 Å². The van der Waals surface area contributed by atoms with Crippen molar-refractivity contribution in [2.75, 3.05) is 7.05 Å². The van der Waals surface area contributed by atoms with Crippen molar-refractivity contribution in [1.82, 2.24) is 9.61 Å². The van der Waals surface area contributed by atoms with E-state index in [1.165, 1.54) is 12.3 Å². The minimum Gasteiger partial charge on any atom is -0.296 e. The first kappa shape index (κ1) is 17.7. The minimum absolute atomic E-state index is 0.282. The Morgan fingerprint density at radius 3 is 2.67 bits per heavy atom. The summed E-state index contributed by atoms with van der Waals surface area (Å²) in [6, 6.07) is 7.61. The number of allylic oxidation sites excluding steroid dienone is 2. The van der Waals surface area contributed by atoms with Crippen molar-refractivity contribution in [2.24, 2.45) is 4.99 Å². The molecular formula is C19H11BrF3N3O. The Labute approximate surface area is 160 Å². The Bertz CT molecular complexity index is 1160. The van der Waals surface area contributed by atoms with Crippen LogP contribution in [0.5, 0.6) is 0 Å². The molecule has 4 rings (SSSR count). The largest absolute Gasteiger partial charge is 0.417 e. The topological polar surface area (TPSA) is 46.7 Å². The van der Waals surface area contributed by atoms with Crippen molar-refractivity contribution in [3.63, 3.8) is 0 Å². The van der Waals surface area contributed by atoms with Crippen molar-refractivity contribution < 1.29 is 18.0 Å². The van der Waals surface area contributed by atoms with Crippen LogP contribution in [0.15, 0.2) is 52.1 Å². The molecule has 136 valence electrons. The predicted octanol–water partition coefficient (Wildman–Crippen LogP) is 5.06. The number of pyridine rings is 1. The third-order valence-corrected chi connectivity index (χ3v) is 4.84. The Kier molecular flexibility index (Phi) is 4.03. The second-order valence-corrected chi connectivity index (χ2v) is 6.89. The monoisotopic (exact) mass is 433 g/mol. The summed E-state index contributed by atoms with van der Waals surface area (Å²) in [5.41, 5.74) is 1.90. The zero-order chi connectivity index (χ0) is 19.3. The summed E-state index contributed by atoms with van der Waals surface area (Å²) in [5, 5.41) is 4.29. The maximum Gasteiger partial charge on any atom is 0.417 e. The highest BCUT2D eigenvalue weighted by Gasteiger charge is 2.34. The number of carbonyl (C=O) groups excluding carboxylic acids is 1. The molecule has 0 fully saturated rings. The van der Waals surface area contributed by atoms with Gasteiger partial charge in [0.2, 0.25) is 0 Å². The molecule has 0 amide bonds. The van der Waals surface area contributed by atoms with E-state index >= 15 is 0 Å². The lowest BCUT2D eigenvalue weighted by molar-refractivity contribution is -0.137. The molecule has 0 spiro atoms. The highest BCUT2D eigenvalue weighted by atomic mass is 79.9. The van der Waals surface area contributed by atoms with E-state index in [1.54, 1.807) is 31.3 Å². The van der Waals surface area contributed by atoms with E-state index in [0.29, 0.717) is 27.9 Å². The highest BCUT2D eigenvalue weighted by Crippen LogP contribution is 2.42. The fourth-order valence-electron chi connectivity index (χ4n) is 3.15. The first-order valence-electron chi connectivity index (χ1n) is 7.88. The Hall–Kier alpha value is -2.74. The molecule has 1 aliphatic rings. The molecule has 0 bridgehead atoms. The van der Waals surface area contributed by atoms with Crippen LogP contribution in [-0.4, -0.2) is 28.7 Å². The van der Waals surface area contributed by atoms with Gasteiger partial charge in [-0.2, -0.15) is 18.3 Å². The van der Waals surface area contributed by atoms with Crippen molar-refractivity contribution in [3.05, 3.63) is 63.8 Å². The quantitative estimate of drug-likeness (QED) is 0.397. The van der Waals surface area contributed by atoms with Crippen LogP contribution < -0.4 is 0 Å². The van der Waals surface area contributed by atoms with E-state index in [1.807, 2.05) is 0 Å². The van der Waals surface area contributed by atoms with Crippen molar-refractivity contribution in [3.8, 4) is 11.3 Å². The van der Waals surface area contributed by atoms with Gasteiger partial charge in [-0.15, -0.1) is 0 Å². The van der Waals surface area contributed by atoms with Gasteiger partial charge in [0.25, 0.3) is 0 Å². The Balaban J connectivity index is 2.05. The Morgan fingerprint density at radius 2 is 1.96 bits per heavy atom. The first-order valence-corrected chi connectivity index (χ1v) is 8.67. The number of halogens is 4. The zero-order valence-electron chi connectivity index (χ0n) is 13.9. The van der Waals surface area contributed by atoms with E-state index in [-0.39, 0.29) is 11.3 Å². The van der Waals surface area contributed by atoms with Gasteiger partial charge in [-0.05, 0) is 35.9 Å². The second-order valence-electron chi connectivity index (χ2n) is 5.98. The molecule has 27 heavy (non-hydrogen) atoms. The summed E-state index contributed by atoms with van der Waals surface area (Å²) >= 11 is 3.40. The third-order valence-electron chi connectivity index (χ3n) is 4.35. The first-order chi connectivity index (χ1) is 12.8. The molecule has 0 saturated carbocycles. The van der Waals surface area contributed by atoms with Gasteiger partial charge in [-0.25, -0.2) is 4.52 Å². The fourth-order valence-corrected chi connectivity index (χ4v) is 3.51. The van der Waals surface area contributed by atoms with Gasteiger partial charge in [0.05, 0.1) is 16.6 Å². The summed E-state index contributed by atoms with van der Waals surface area (Å²) in [5.74, 6) is -0.297. The van der Waals surface area contributed by atoms with Gasteiger partial charge >= 0.3 is 6.18 Å². The molecule has 4 nitrogen and oxygen atoms in total. The van der Waals surface area contributed by atoms with E-state index in [9.17, 15) is 18.0 Å². The summed E-state index contributed by atoms with van der Waals surface area (Å²) in [4.78, 5) is 17.0. The number of benzene rings is 1. The number of hydrogen-bond acceptors (Lipinski definition) is 3. The average molecular weight is 434 g/mol. The molecule has 1 aromatic carbocycles. The molecule has 8 heteroatoms. The molecule has 1 aliphatic carbocycles. The van der Waals surface area contributed by atoms with Gasteiger partial charge in [0.1, 0.15) is 5.69 Å². The molecule has 0 atom stereocenters. The minimum atomic E-state index is -4.49. The van der Waals surface area contributed by atoms with Crippen LogP contribution in [0.4, 0.5) is 13.2 Å². The lowest BCUT2D eigenvalue weighted by Gasteiger charge is -2.17. The molecule has 2 aromatic heterocycles. The van der Waals surface area contributed by atoms with Gasteiger partial charge in [0.15, 0.2) is 5.78 Å². The molecule has 0 N–H and O–H groups in total. The van der Waals surface area contributed by atoms with Crippen LogP contribution in [0.3, 0.4) is 0 Å². The fraction of sp³-hybridized carbons (Fsp3) is 0.105. The zero-order valence-corrected chi connectivity index (χ0v) is 15.5. The molecule has 0 saturated heterocycles. The number of ketones is 1. The molecule has 2 heterocycles. The van der Waals surface area contributed by atoms with E-state index in [4.69, 9.17) is 0 Å². The maximum absolute atomic E-state index is 13.1. The Morgan fingerprint density at radius 1 is 1.19 bits per heavy atom. The van der Waals surface area contributed by atoms with Gasteiger partial charge in [-0.1, -0.05) is 22.0 Å². The van der Waals surface area contributed by atoms with Crippen LogP contribution in [0.2, 0.25) is 0 Å². The number of alkyl halides is 3. The number of carbonyl (C=O) groups is 1. The van der Waals surface area contributed by atoms with Crippen LogP contribution >= 0.6 is 15.9 Å². The van der Waals surface area contributed by atoms with Crippen LogP contribution in [-0.2, 0) is 6.18 Å². The standard InChI is InChI=1S/C19H11BrF3N3O/c1-24-7-6-13-12-4-3-11(20)8-14(12)17-16(18(13)27)15-5-2-10(19(21,22)23)9-26(15)25-17/h2-9H,1H3/b13-6+,24-7?. The van der Waals surface area contributed by atoms with E-state index in [0.717, 1.165) is 21.3 Å². The molecule has 0 aliphatic heterocycles. The van der Waals surface area contributed by atoms with Crippen molar-refractivity contribution >= 4 is 39.0 Å². The van der Waals surface area contributed by atoms with Gasteiger partial charge in [-0.3, -0.25) is 9.79 Å². The van der Waals surface area contributed by atoms with Crippen LogP contribution in [0.1, 0.15) is 21.5 Å². The number of nitrogens with zero attached hydrogens (tertiary/aromatic N) is 3. The lowest BCUT2D eigenvalue weighted by atomic mass is 9.84. The molecule has 3 aromatic rings. The maximum atomic E-state index is 13.1. The van der Waals surface area contributed by atoms with E-state index < -0.39 is 11.7 Å². The average Bonchev–Trinajstić information content (AvgIpc) is 3.00.